The lowest BCUT2D eigenvalue weighted by Crippen LogP contribution is -2.45. The van der Waals surface area contributed by atoms with Gasteiger partial charge in [-0.15, -0.1) is 0 Å². The zero-order valence-corrected chi connectivity index (χ0v) is 50.5. The second-order valence-electron chi connectivity index (χ2n) is 23.1. The fourth-order valence-corrected chi connectivity index (χ4v) is 10.4. The highest BCUT2D eigenvalue weighted by Crippen LogP contribution is 2.18. The first kappa shape index (κ1) is 73.1. The molecule has 0 saturated carbocycles. The topological polar surface area (TPSA) is 95.9 Å². The number of carbonyl (C=O) groups is 2. The van der Waals surface area contributed by atoms with Crippen molar-refractivity contribution in [1.29, 1.82) is 0 Å². The first-order valence-corrected chi connectivity index (χ1v) is 33.8. The van der Waals surface area contributed by atoms with Gasteiger partial charge in [0.25, 0.3) is 0 Å². The van der Waals surface area contributed by atoms with Gasteiger partial charge < -0.3 is 20.3 Å². The number of esters is 1. The molecule has 0 aliphatic rings. The monoisotopic (exact) mass is 1050 g/mol. The van der Waals surface area contributed by atoms with E-state index in [0.717, 1.165) is 44.9 Å². The molecule has 0 radical (unpaired) electrons. The van der Waals surface area contributed by atoms with Crippen LogP contribution in [0.3, 0.4) is 0 Å². The molecular weight excluding hydrogens is 923 g/mol. The molecule has 2 unspecified atom stereocenters. The van der Waals surface area contributed by atoms with Gasteiger partial charge in [-0.3, -0.25) is 9.59 Å². The maximum Gasteiger partial charge on any atom is 0.305 e. The van der Waals surface area contributed by atoms with E-state index < -0.39 is 12.1 Å². The number of hydrogen-bond acceptors (Lipinski definition) is 5. The molecule has 0 saturated heterocycles. The van der Waals surface area contributed by atoms with E-state index in [2.05, 4.69) is 43.5 Å². The molecule has 0 aromatic rings. The van der Waals surface area contributed by atoms with Gasteiger partial charge in [0, 0.05) is 12.8 Å². The molecule has 6 heteroatoms. The predicted octanol–water partition coefficient (Wildman–Crippen LogP) is 21.5. The van der Waals surface area contributed by atoms with Gasteiger partial charge in [0.15, 0.2) is 0 Å². The number of hydrogen-bond donors (Lipinski definition) is 3. The van der Waals surface area contributed by atoms with Crippen LogP contribution in [-0.2, 0) is 14.3 Å². The Kier molecular flexibility index (Phi) is 63.0. The summed E-state index contributed by atoms with van der Waals surface area (Å²) in [5.41, 5.74) is 0. The third-order valence-electron chi connectivity index (χ3n) is 15.6. The third kappa shape index (κ3) is 61.2. The van der Waals surface area contributed by atoms with E-state index in [0.29, 0.717) is 19.4 Å². The quantitative estimate of drug-likeness (QED) is 0.0320. The molecule has 0 heterocycles. The Bertz CT molecular complexity index is 1210. The summed E-state index contributed by atoms with van der Waals surface area (Å²) in [6.45, 7) is 4.89. The van der Waals surface area contributed by atoms with Gasteiger partial charge in [-0.25, -0.2) is 0 Å². The van der Waals surface area contributed by atoms with Gasteiger partial charge in [-0.2, -0.15) is 0 Å². The molecule has 2 atom stereocenters. The zero-order valence-electron chi connectivity index (χ0n) is 50.5. The van der Waals surface area contributed by atoms with Crippen molar-refractivity contribution < 1.29 is 24.5 Å². The van der Waals surface area contributed by atoms with Crippen molar-refractivity contribution in [1.82, 2.24) is 5.32 Å². The molecule has 0 fully saturated rings. The van der Waals surface area contributed by atoms with Gasteiger partial charge in [0.05, 0.1) is 25.4 Å². The van der Waals surface area contributed by atoms with E-state index in [4.69, 9.17) is 4.74 Å². The highest BCUT2D eigenvalue weighted by Gasteiger charge is 2.18. The molecule has 0 aliphatic carbocycles. The molecule has 0 aromatic heterocycles. The average Bonchev–Trinajstić information content (AvgIpc) is 3.41. The Morgan fingerprint density at radius 2 is 0.640 bits per heavy atom. The number of carbonyl (C=O) groups excluding carboxylic acids is 2. The average molecular weight is 1050 g/mol. The Hall–Kier alpha value is -1.92. The second kappa shape index (κ2) is 64.6. The zero-order chi connectivity index (χ0) is 54.3. The Balaban J connectivity index is 3.40. The molecule has 3 N–H and O–H groups in total. The van der Waals surface area contributed by atoms with E-state index in [1.165, 1.54) is 295 Å². The molecular formula is C69H131NO5. The van der Waals surface area contributed by atoms with Gasteiger partial charge in [-0.05, 0) is 77.0 Å². The molecule has 0 rings (SSSR count). The van der Waals surface area contributed by atoms with Gasteiger partial charge in [0.1, 0.15) is 0 Å². The number of amides is 1. The lowest BCUT2D eigenvalue weighted by Gasteiger charge is -2.20. The van der Waals surface area contributed by atoms with E-state index in [1.54, 1.807) is 6.08 Å². The van der Waals surface area contributed by atoms with Crippen LogP contribution in [-0.4, -0.2) is 47.4 Å². The smallest absolute Gasteiger partial charge is 0.305 e. The van der Waals surface area contributed by atoms with Crippen LogP contribution in [0.15, 0.2) is 36.5 Å². The van der Waals surface area contributed by atoms with Crippen molar-refractivity contribution in [2.24, 2.45) is 0 Å². The summed E-state index contributed by atoms with van der Waals surface area (Å²) >= 11 is 0. The van der Waals surface area contributed by atoms with Crippen LogP contribution >= 0.6 is 0 Å². The number of nitrogens with one attached hydrogen (secondary N) is 1. The van der Waals surface area contributed by atoms with E-state index in [1.807, 2.05) is 6.08 Å². The molecule has 442 valence electrons. The van der Waals surface area contributed by atoms with E-state index >= 15 is 0 Å². The van der Waals surface area contributed by atoms with Crippen LogP contribution in [0.4, 0.5) is 0 Å². The highest BCUT2D eigenvalue weighted by molar-refractivity contribution is 5.76. The number of aliphatic hydroxyl groups excluding tert-OH is 2. The van der Waals surface area contributed by atoms with Gasteiger partial charge >= 0.3 is 5.97 Å². The maximum absolute atomic E-state index is 12.5. The molecule has 0 aliphatic heterocycles. The van der Waals surface area contributed by atoms with Crippen molar-refractivity contribution in [3.05, 3.63) is 36.5 Å². The first-order chi connectivity index (χ1) is 37.0. The van der Waals surface area contributed by atoms with Crippen LogP contribution in [0.5, 0.6) is 0 Å². The summed E-state index contributed by atoms with van der Waals surface area (Å²) in [6.07, 6.45) is 82.1. The summed E-state index contributed by atoms with van der Waals surface area (Å²) in [4.78, 5) is 24.5. The number of unbranched alkanes of at least 4 members (excludes halogenated alkanes) is 48. The van der Waals surface area contributed by atoms with Crippen molar-refractivity contribution in [3.8, 4) is 0 Å². The summed E-state index contributed by atoms with van der Waals surface area (Å²) in [7, 11) is 0. The fourth-order valence-electron chi connectivity index (χ4n) is 10.4. The van der Waals surface area contributed by atoms with Gasteiger partial charge in [0.2, 0.25) is 5.91 Å². The first-order valence-electron chi connectivity index (χ1n) is 33.8. The lowest BCUT2D eigenvalue weighted by molar-refractivity contribution is -0.143. The van der Waals surface area contributed by atoms with Crippen LogP contribution < -0.4 is 5.32 Å². The lowest BCUT2D eigenvalue weighted by atomic mass is 10.0. The molecule has 1 amide bonds. The number of allylic oxidation sites excluding steroid dienone is 5. The largest absolute Gasteiger partial charge is 0.466 e. The fraction of sp³-hybridized carbons (Fsp3) is 0.884. The summed E-state index contributed by atoms with van der Waals surface area (Å²) in [6, 6.07) is -0.628. The van der Waals surface area contributed by atoms with E-state index in [-0.39, 0.29) is 18.5 Å². The second-order valence-corrected chi connectivity index (χ2v) is 23.1. The summed E-state index contributed by atoms with van der Waals surface area (Å²) < 4.78 is 5.46. The Labute approximate surface area is 468 Å². The normalized spacial score (nSPS) is 12.7. The maximum atomic E-state index is 12.5. The number of rotatable bonds is 63. The SMILES string of the molecule is CCCC/C=C\CCCCCCCC(=O)OCCCCCCCCCCCCCC/C=C\CCCCCCCCCCCCCCCC(=O)NC(CO)C(O)/C=C/CCCCCCCCCCCCCCCCCC. The van der Waals surface area contributed by atoms with E-state index in [9.17, 15) is 19.8 Å². The Morgan fingerprint density at radius 3 is 0.987 bits per heavy atom. The van der Waals surface area contributed by atoms with Crippen LogP contribution in [0.2, 0.25) is 0 Å². The third-order valence-corrected chi connectivity index (χ3v) is 15.6. The van der Waals surface area contributed by atoms with Crippen LogP contribution in [0, 0.1) is 0 Å². The molecule has 0 spiro atoms. The van der Waals surface area contributed by atoms with Crippen LogP contribution in [0.25, 0.3) is 0 Å². The van der Waals surface area contributed by atoms with Crippen LogP contribution in [0.1, 0.15) is 367 Å². The Morgan fingerprint density at radius 1 is 0.360 bits per heavy atom. The standard InChI is InChI=1S/C69H131NO5/c1-3-5-7-9-11-13-15-16-17-18-32-35-38-42-45-49-53-57-61-67(72)66(65-71)70-68(73)62-58-54-50-46-43-39-36-33-30-28-26-24-22-20-19-21-23-25-27-29-31-34-37-40-44-48-52-56-60-64-75-69(74)63-59-55-51-47-41-14-12-10-8-6-4-2/h10,12,19,21,57,61,66-67,71-72H,3-9,11,13-18,20,22-56,58-60,62-65H2,1-2H3,(H,70,73)/b12-10-,21-19-,61-57+. The highest BCUT2D eigenvalue weighted by atomic mass is 16.5. The minimum absolute atomic E-state index is 0.00515. The van der Waals surface area contributed by atoms with Crippen molar-refractivity contribution in [2.75, 3.05) is 13.2 Å². The molecule has 0 aromatic carbocycles. The minimum atomic E-state index is -0.844. The minimum Gasteiger partial charge on any atom is -0.466 e. The number of ether oxygens (including phenoxy) is 1. The molecule has 6 nitrogen and oxygen atoms in total. The van der Waals surface area contributed by atoms with Crippen molar-refractivity contribution >= 4 is 11.9 Å². The molecule has 0 bridgehead atoms. The summed E-state index contributed by atoms with van der Waals surface area (Å²) in [5.74, 6) is -0.0593. The molecule has 75 heavy (non-hydrogen) atoms. The predicted molar refractivity (Wildman–Crippen MR) is 329 cm³/mol. The van der Waals surface area contributed by atoms with Gasteiger partial charge in [-0.1, -0.05) is 314 Å². The van der Waals surface area contributed by atoms with Crippen molar-refractivity contribution in [2.45, 2.75) is 379 Å². The summed E-state index contributed by atoms with van der Waals surface area (Å²) in [5, 5.41) is 23.2. The van der Waals surface area contributed by atoms with Crippen molar-refractivity contribution in [3.63, 3.8) is 0 Å². The number of aliphatic hydroxyl groups is 2.